The highest BCUT2D eigenvalue weighted by Gasteiger charge is 2.21. The summed E-state index contributed by atoms with van der Waals surface area (Å²) in [6.07, 6.45) is 1.84. The molecule has 0 bridgehead atoms. The predicted molar refractivity (Wildman–Crippen MR) is 85.5 cm³/mol. The van der Waals surface area contributed by atoms with Gasteiger partial charge in [0.05, 0.1) is 6.04 Å². The summed E-state index contributed by atoms with van der Waals surface area (Å²) in [7, 11) is -3.45. The van der Waals surface area contributed by atoms with Crippen molar-refractivity contribution >= 4 is 39.7 Å². The average Bonchev–Trinajstić information content (AvgIpc) is 3.05. The second-order valence-corrected chi connectivity index (χ2v) is 7.98. The van der Waals surface area contributed by atoms with Gasteiger partial charge in [0.25, 0.3) is 0 Å². The van der Waals surface area contributed by atoms with Crippen LogP contribution in [-0.4, -0.2) is 40.0 Å². The molecule has 0 radical (unpaired) electrons. The van der Waals surface area contributed by atoms with Crippen LogP contribution in [0.25, 0.3) is 0 Å². The molecule has 0 aromatic carbocycles. The highest BCUT2D eigenvalue weighted by Crippen LogP contribution is 2.19. The molecule has 1 saturated heterocycles. The molecule has 2 heterocycles. The van der Waals surface area contributed by atoms with Crippen molar-refractivity contribution in [1.82, 2.24) is 15.4 Å². The fourth-order valence-corrected chi connectivity index (χ4v) is 4.39. The van der Waals surface area contributed by atoms with Crippen molar-refractivity contribution in [2.75, 3.05) is 19.6 Å². The summed E-state index contributed by atoms with van der Waals surface area (Å²) < 4.78 is 26.6. The van der Waals surface area contributed by atoms with E-state index in [1.807, 2.05) is 6.92 Å². The molecule has 1 aliphatic rings. The molecule has 1 unspecified atom stereocenters. The van der Waals surface area contributed by atoms with Crippen LogP contribution in [0.15, 0.2) is 16.3 Å². The van der Waals surface area contributed by atoms with E-state index in [0.717, 1.165) is 24.3 Å². The molecule has 1 atom stereocenters. The van der Waals surface area contributed by atoms with Crippen molar-refractivity contribution in [3.8, 4) is 0 Å². The second kappa shape index (κ2) is 8.09. The van der Waals surface area contributed by atoms with E-state index in [2.05, 4.69) is 15.4 Å². The Labute approximate surface area is 135 Å². The lowest BCUT2D eigenvalue weighted by Gasteiger charge is -2.11. The molecule has 1 aromatic rings. The number of halogens is 1. The maximum atomic E-state index is 11.9. The second-order valence-electron chi connectivity index (χ2n) is 4.70. The Morgan fingerprint density at radius 2 is 2.19 bits per heavy atom. The van der Waals surface area contributed by atoms with Crippen molar-refractivity contribution in [2.24, 2.45) is 0 Å². The topological polar surface area (TPSA) is 87.3 Å². The first-order valence-electron chi connectivity index (χ1n) is 6.56. The Morgan fingerprint density at radius 1 is 1.43 bits per heavy atom. The molecule has 0 saturated carbocycles. The van der Waals surface area contributed by atoms with Crippen LogP contribution >= 0.6 is 23.7 Å². The number of thiophene rings is 1. The zero-order chi connectivity index (χ0) is 14.6. The molecule has 1 aromatic heterocycles. The lowest BCUT2D eigenvalue weighted by Crippen LogP contribution is -2.43. The minimum atomic E-state index is -3.45. The molecule has 3 N–H and O–H groups in total. The van der Waals surface area contributed by atoms with E-state index < -0.39 is 10.0 Å². The third kappa shape index (κ3) is 5.23. The average molecular weight is 354 g/mol. The van der Waals surface area contributed by atoms with Gasteiger partial charge >= 0.3 is 0 Å². The van der Waals surface area contributed by atoms with E-state index in [4.69, 9.17) is 0 Å². The Morgan fingerprint density at radius 3 is 2.76 bits per heavy atom. The van der Waals surface area contributed by atoms with Crippen LogP contribution < -0.4 is 15.4 Å². The van der Waals surface area contributed by atoms with Gasteiger partial charge in [-0.05, 0) is 38.4 Å². The van der Waals surface area contributed by atoms with Gasteiger partial charge in [-0.15, -0.1) is 23.7 Å². The van der Waals surface area contributed by atoms with Crippen LogP contribution in [0, 0.1) is 6.92 Å². The Balaban J connectivity index is 0.00000220. The summed E-state index contributed by atoms with van der Waals surface area (Å²) in [5.41, 5.74) is 0. The van der Waals surface area contributed by atoms with Gasteiger partial charge in [-0.2, -0.15) is 0 Å². The molecule has 1 aliphatic heterocycles. The molecule has 2 rings (SSSR count). The summed E-state index contributed by atoms with van der Waals surface area (Å²) in [5, 5.41) is 5.82. The Kier molecular flexibility index (Phi) is 7.08. The standard InChI is InChI=1S/C12H19N3O3S2.ClH/c1-9-4-5-11(19-9)20(17,18)15-8-7-14-12(16)10-3-2-6-13-10;/h4-5,10,13,15H,2-3,6-8H2,1H3,(H,14,16);1H. The van der Waals surface area contributed by atoms with Crippen molar-refractivity contribution in [3.05, 3.63) is 17.0 Å². The smallest absolute Gasteiger partial charge is 0.250 e. The van der Waals surface area contributed by atoms with Gasteiger partial charge in [0.1, 0.15) is 4.21 Å². The van der Waals surface area contributed by atoms with Crippen LogP contribution in [0.1, 0.15) is 17.7 Å². The third-order valence-electron chi connectivity index (χ3n) is 3.07. The molecule has 21 heavy (non-hydrogen) atoms. The molecule has 0 aliphatic carbocycles. The summed E-state index contributed by atoms with van der Waals surface area (Å²) in [6.45, 7) is 3.21. The molecule has 1 amide bonds. The van der Waals surface area contributed by atoms with Gasteiger partial charge in [0, 0.05) is 18.0 Å². The number of sulfonamides is 1. The van der Waals surface area contributed by atoms with E-state index >= 15 is 0 Å². The summed E-state index contributed by atoms with van der Waals surface area (Å²) in [6, 6.07) is 3.22. The number of rotatable bonds is 6. The number of aryl methyl sites for hydroxylation is 1. The first-order chi connectivity index (χ1) is 9.49. The number of hydrogen-bond donors (Lipinski definition) is 3. The first kappa shape index (κ1) is 18.4. The van der Waals surface area contributed by atoms with Crippen LogP contribution in [0.2, 0.25) is 0 Å². The van der Waals surface area contributed by atoms with Crippen molar-refractivity contribution in [1.29, 1.82) is 0 Å². The molecule has 0 spiro atoms. The fourth-order valence-electron chi connectivity index (χ4n) is 2.03. The highest BCUT2D eigenvalue weighted by atomic mass is 35.5. The number of amides is 1. The maximum Gasteiger partial charge on any atom is 0.250 e. The van der Waals surface area contributed by atoms with Crippen LogP contribution in [0.5, 0.6) is 0 Å². The molecular weight excluding hydrogens is 334 g/mol. The van der Waals surface area contributed by atoms with Crippen molar-refractivity contribution < 1.29 is 13.2 Å². The monoisotopic (exact) mass is 353 g/mol. The zero-order valence-corrected chi connectivity index (χ0v) is 14.2. The van der Waals surface area contributed by atoms with E-state index in [1.165, 1.54) is 11.3 Å². The van der Waals surface area contributed by atoms with E-state index in [-0.39, 0.29) is 30.9 Å². The maximum absolute atomic E-state index is 11.9. The molecule has 1 fully saturated rings. The Bertz CT molecular complexity index is 568. The minimum Gasteiger partial charge on any atom is -0.353 e. The first-order valence-corrected chi connectivity index (χ1v) is 8.86. The SMILES string of the molecule is Cc1ccc(S(=O)(=O)NCCNC(=O)C2CCCN2)s1.Cl. The molecule has 120 valence electrons. The van der Waals surface area contributed by atoms with Gasteiger partial charge in [0.15, 0.2) is 0 Å². The number of carbonyl (C=O) groups excluding carboxylic acids is 1. The van der Waals surface area contributed by atoms with Gasteiger partial charge in [-0.1, -0.05) is 0 Å². The molecule has 6 nitrogen and oxygen atoms in total. The summed E-state index contributed by atoms with van der Waals surface area (Å²) in [5.74, 6) is -0.0614. The summed E-state index contributed by atoms with van der Waals surface area (Å²) >= 11 is 1.23. The Hall–Kier alpha value is -0.670. The normalized spacial score (nSPS) is 18.2. The van der Waals surface area contributed by atoms with Gasteiger partial charge in [0.2, 0.25) is 15.9 Å². The lowest BCUT2D eigenvalue weighted by atomic mass is 10.2. The fraction of sp³-hybridized carbons (Fsp3) is 0.583. The van der Waals surface area contributed by atoms with Gasteiger partial charge < -0.3 is 10.6 Å². The number of hydrogen-bond acceptors (Lipinski definition) is 5. The van der Waals surface area contributed by atoms with Crippen LogP contribution in [-0.2, 0) is 14.8 Å². The lowest BCUT2D eigenvalue weighted by molar-refractivity contribution is -0.122. The molecule has 9 heteroatoms. The van der Waals surface area contributed by atoms with E-state index in [9.17, 15) is 13.2 Å². The van der Waals surface area contributed by atoms with Crippen molar-refractivity contribution in [2.45, 2.75) is 30.0 Å². The third-order valence-corrected chi connectivity index (χ3v) is 6.03. The number of carbonyl (C=O) groups is 1. The van der Waals surface area contributed by atoms with E-state index in [1.54, 1.807) is 12.1 Å². The largest absolute Gasteiger partial charge is 0.353 e. The highest BCUT2D eigenvalue weighted by molar-refractivity contribution is 7.91. The van der Waals surface area contributed by atoms with Gasteiger partial charge in [-0.3, -0.25) is 4.79 Å². The minimum absolute atomic E-state index is 0. The van der Waals surface area contributed by atoms with Crippen LogP contribution in [0.3, 0.4) is 0 Å². The molecular formula is C12H20ClN3O3S2. The predicted octanol–water partition coefficient (Wildman–Crippen LogP) is 0.625. The quantitative estimate of drug-likeness (QED) is 0.654. The van der Waals surface area contributed by atoms with Crippen LogP contribution in [0.4, 0.5) is 0 Å². The zero-order valence-electron chi connectivity index (χ0n) is 11.7. The van der Waals surface area contributed by atoms with Crippen molar-refractivity contribution in [3.63, 3.8) is 0 Å². The van der Waals surface area contributed by atoms with E-state index in [0.29, 0.717) is 10.8 Å². The summed E-state index contributed by atoms with van der Waals surface area (Å²) in [4.78, 5) is 12.6. The van der Waals surface area contributed by atoms with Gasteiger partial charge in [-0.25, -0.2) is 13.1 Å². The number of nitrogens with one attached hydrogen (secondary N) is 3.